The highest BCUT2D eigenvalue weighted by Gasteiger charge is 2.29. The van der Waals surface area contributed by atoms with E-state index in [2.05, 4.69) is 10.6 Å². The van der Waals surface area contributed by atoms with Gasteiger partial charge in [0.1, 0.15) is 0 Å². The molecule has 1 aliphatic heterocycles. The van der Waals surface area contributed by atoms with Crippen molar-refractivity contribution in [2.75, 3.05) is 6.54 Å². The largest absolute Gasteiger partial charge is 0.392 e. The first-order chi connectivity index (χ1) is 7.25. The van der Waals surface area contributed by atoms with Crippen molar-refractivity contribution in [3.63, 3.8) is 0 Å². The van der Waals surface area contributed by atoms with Crippen molar-refractivity contribution in [2.24, 2.45) is 0 Å². The summed E-state index contributed by atoms with van der Waals surface area (Å²) in [5.41, 5.74) is 0. The van der Waals surface area contributed by atoms with Gasteiger partial charge in [-0.05, 0) is 19.3 Å². The molecule has 0 aromatic rings. The minimum Gasteiger partial charge on any atom is -0.392 e. The van der Waals surface area contributed by atoms with Gasteiger partial charge in [0, 0.05) is 12.6 Å². The highest BCUT2D eigenvalue weighted by molar-refractivity contribution is 5.82. The summed E-state index contributed by atoms with van der Waals surface area (Å²) >= 11 is 0. The molecule has 4 nitrogen and oxygen atoms in total. The smallest absolute Gasteiger partial charge is 0.237 e. The lowest BCUT2D eigenvalue weighted by Crippen LogP contribution is -2.45. The summed E-state index contributed by atoms with van der Waals surface area (Å²) in [6, 6.07) is 0.188. The first kappa shape index (κ1) is 10.9. The molecule has 2 fully saturated rings. The van der Waals surface area contributed by atoms with Crippen LogP contribution in [0, 0.1) is 0 Å². The van der Waals surface area contributed by atoms with Crippen molar-refractivity contribution in [3.05, 3.63) is 0 Å². The lowest BCUT2D eigenvalue weighted by Gasteiger charge is -2.24. The van der Waals surface area contributed by atoms with E-state index in [-0.39, 0.29) is 18.1 Å². The molecule has 1 saturated carbocycles. The first-order valence-electron chi connectivity index (χ1n) is 5.97. The topological polar surface area (TPSA) is 61.4 Å². The third-order valence-electron chi connectivity index (χ3n) is 3.38. The lowest BCUT2D eigenvalue weighted by atomic mass is 9.95. The summed E-state index contributed by atoms with van der Waals surface area (Å²) in [4.78, 5) is 11.8. The molecular formula is C11H20N2O2. The Morgan fingerprint density at radius 1 is 1.27 bits per heavy atom. The summed E-state index contributed by atoms with van der Waals surface area (Å²) in [6.45, 7) is 0.544. The molecule has 2 atom stereocenters. The molecule has 3 N–H and O–H groups in total. The summed E-state index contributed by atoms with van der Waals surface area (Å²) in [5.74, 6) is 0.0680. The van der Waals surface area contributed by atoms with Crippen molar-refractivity contribution < 1.29 is 9.90 Å². The van der Waals surface area contributed by atoms with Crippen molar-refractivity contribution in [2.45, 2.75) is 56.7 Å². The van der Waals surface area contributed by atoms with Crippen LogP contribution in [0.4, 0.5) is 0 Å². The van der Waals surface area contributed by atoms with Gasteiger partial charge >= 0.3 is 0 Å². The summed E-state index contributed by atoms with van der Waals surface area (Å²) < 4.78 is 0. The molecule has 1 heterocycles. The minimum atomic E-state index is -0.355. The van der Waals surface area contributed by atoms with Crippen LogP contribution in [0.3, 0.4) is 0 Å². The maximum atomic E-state index is 11.8. The second kappa shape index (κ2) is 4.94. The molecule has 0 aromatic carbocycles. The molecule has 1 aliphatic carbocycles. The number of hydrogen-bond acceptors (Lipinski definition) is 3. The van der Waals surface area contributed by atoms with Gasteiger partial charge < -0.3 is 15.7 Å². The van der Waals surface area contributed by atoms with Crippen LogP contribution >= 0.6 is 0 Å². The van der Waals surface area contributed by atoms with Gasteiger partial charge in [-0.15, -0.1) is 0 Å². The number of rotatable bonds is 2. The Kier molecular flexibility index (Phi) is 3.59. The van der Waals surface area contributed by atoms with Crippen molar-refractivity contribution in [3.8, 4) is 0 Å². The normalized spacial score (nSPS) is 32.9. The number of carbonyl (C=O) groups is 1. The van der Waals surface area contributed by atoms with Crippen molar-refractivity contribution in [1.29, 1.82) is 0 Å². The molecule has 2 rings (SSSR count). The SMILES string of the molecule is O=C(NC1CCCCC1)[C@H]1C[C@@H](O)CN1. The third kappa shape index (κ3) is 2.92. The van der Waals surface area contributed by atoms with Crippen LogP contribution in [0.15, 0.2) is 0 Å². The number of aliphatic hydroxyl groups excluding tert-OH is 1. The fourth-order valence-electron chi connectivity index (χ4n) is 2.47. The van der Waals surface area contributed by atoms with Crippen LogP contribution in [0.1, 0.15) is 38.5 Å². The van der Waals surface area contributed by atoms with Gasteiger partial charge in [-0.1, -0.05) is 19.3 Å². The maximum absolute atomic E-state index is 11.8. The molecule has 0 aromatic heterocycles. The first-order valence-corrected chi connectivity index (χ1v) is 5.97. The van der Waals surface area contributed by atoms with Gasteiger partial charge in [-0.25, -0.2) is 0 Å². The van der Waals surface area contributed by atoms with Crippen LogP contribution in [0.2, 0.25) is 0 Å². The zero-order valence-electron chi connectivity index (χ0n) is 9.04. The van der Waals surface area contributed by atoms with Crippen LogP contribution < -0.4 is 10.6 Å². The molecule has 1 amide bonds. The molecule has 0 unspecified atom stereocenters. The molecule has 4 heteroatoms. The van der Waals surface area contributed by atoms with E-state index in [9.17, 15) is 9.90 Å². The van der Waals surface area contributed by atoms with E-state index in [1.807, 2.05) is 0 Å². The quantitative estimate of drug-likeness (QED) is 0.611. The molecule has 0 radical (unpaired) electrons. The van der Waals surface area contributed by atoms with E-state index in [0.717, 1.165) is 12.8 Å². The van der Waals surface area contributed by atoms with Gasteiger partial charge in [0.05, 0.1) is 12.1 Å². The highest BCUT2D eigenvalue weighted by atomic mass is 16.3. The van der Waals surface area contributed by atoms with E-state index < -0.39 is 0 Å². The van der Waals surface area contributed by atoms with Gasteiger partial charge in [0.2, 0.25) is 5.91 Å². The zero-order valence-corrected chi connectivity index (χ0v) is 9.04. The monoisotopic (exact) mass is 212 g/mol. The minimum absolute atomic E-state index is 0.0680. The van der Waals surface area contributed by atoms with Gasteiger partial charge in [0.25, 0.3) is 0 Å². The average molecular weight is 212 g/mol. The molecule has 0 spiro atoms. The molecular weight excluding hydrogens is 192 g/mol. The number of carbonyl (C=O) groups excluding carboxylic acids is 1. The summed E-state index contributed by atoms with van der Waals surface area (Å²) in [6.07, 6.45) is 6.18. The van der Waals surface area contributed by atoms with Crippen molar-refractivity contribution in [1.82, 2.24) is 10.6 Å². The predicted octanol–water partition coefficient (Wildman–Crippen LogP) is 0.158. The molecule has 1 saturated heterocycles. The Morgan fingerprint density at radius 2 is 2.00 bits per heavy atom. The lowest BCUT2D eigenvalue weighted by molar-refractivity contribution is -0.123. The maximum Gasteiger partial charge on any atom is 0.237 e. The van der Waals surface area contributed by atoms with Gasteiger partial charge in [0.15, 0.2) is 0 Å². The number of amides is 1. The van der Waals surface area contributed by atoms with Crippen LogP contribution in [0.5, 0.6) is 0 Å². The Labute approximate surface area is 90.4 Å². The fourth-order valence-corrected chi connectivity index (χ4v) is 2.47. The Bertz CT molecular complexity index is 227. The predicted molar refractivity (Wildman–Crippen MR) is 57.4 cm³/mol. The molecule has 0 bridgehead atoms. The number of aliphatic hydroxyl groups is 1. The highest BCUT2D eigenvalue weighted by Crippen LogP contribution is 2.18. The standard InChI is InChI=1S/C11H20N2O2/c14-9-6-10(12-7-9)11(15)13-8-4-2-1-3-5-8/h8-10,12,14H,1-7H2,(H,13,15)/t9-,10-/m1/s1. The molecule has 2 aliphatic rings. The van der Waals surface area contributed by atoms with E-state index >= 15 is 0 Å². The molecule has 86 valence electrons. The van der Waals surface area contributed by atoms with Crippen molar-refractivity contribution >= 4 is 5.91 Å². The Hall–Kier alpha value is -0.610. The second-order valence-corrected chi connectivity index (χ2v) is 4.69. The number of β-amino-alcohol motifs (C(OH)–C–C–N with tert-alkyl or cyclic N) is 1. The van der Waals surface area contributed by atoms with Crippen LogP contribution in [-0.2, 0) is 4.79 Å². The van der Waals surface area contributed by atoms with E-state index in [1.54, 1.807) is 0 Å². The van der Waals surface area contributed by atoms with Crippen LogP contribution in [-0.4, -0.2) is 35.7 Å². The van der Waals surface area contributed by atoms with Gasteiger partial charge in [-0.2, -0.15) is 0 Å². The second-order valence-electron chi connectivity index (χ2n) is 4.69. The molecule has 15 heavy (non-hydrogen) atoms. The zero-order chi connectivity index (χ0) is 10.7. The van der Waals surface area contributed by atoms with E-state index in [4.69, 9.17) is 0 Å². The summed E-state index contributed by atoms with van der Waals surface area (Å²) in [5, 5.41) is 15.4. The van der Waals surface area contributed by atoms with E-state index in [1.165, 1.54) is 19.3 Å². The Morgan fingerprint density at radius 3 is 2.60 bits per heavy atom. The number of hydrogen-bond donors (Lipinski definition) is 3. The average Bonchev–Trinajstić information content (AvgIpc) is 2.66. The number of nitrogens with one attached hydrogen (secondary N) is 2. The Balaban J connectivity index is 1.76. The summed E-state index contributed by atoms with van der Waals surface area (Å²) in [7, 11) is 0. The van der Waals surface area contributed by atoms with Gasteiger partial charge in [-0.3, -0.25) is 4.79 Å². The fraction of sp³-hybridized carbons (Fsp3) is 0.909. The van der Waals surface area contributed by atoms with E-state index in [0.29, 0.717) is 19.0 Å². The third-order valence-corrected chi connectivity index (χ3v) is 3.38. The van der Waals surface area contributed by atoms with Crippen LogP contribution in [0.25, 0.3) is 0 Å².